The summed E-state index contributed by atoms with van der Waals surface area (Å²) < 4.78 is 10.8. The van der Waals surface area contributed by atoms with Crippen LogP contribution in [-0.2, 0) is 6.54 Å². The van der Waals surface area contributed by atoms with Crippen LogP contribution in [0.3, 0.4) is 0 Å². The summed E-state index contributed by atoms with van der Waals surface area (Å²) in [7, 11) is 3.20. The molecule has 2 aliphatic rings. The van der Waals surface area contributed by atoms with Crippen LogP contribution in [0.25, 0.3) is 0 Å². The molecule has 4 rings (SSSR count). The molecular weight excluding hydrogens is 410 g/mol. The molecule has 0 aliphatic carbocycles. The van der Waals surface area contributed by atoms with Crippen LogP contribution in [0.2, 0.25) is 0 Å². The van der Waals surface area contributed by atoms with Crippen molar-refractivity contribution in [3.05, 3.63) is 41.7 Å². The van der Waals surface area contributed by atoms with E-state index in [2.05, 4.69) is 24.1 Å². The van der Waals surface area contributed by atoms with Gasteiger partial charge in [-0.3, -0.25) is 14.8 Å². The topological polar surface area (TPSA) is 99.5 Å². The molecule has 170 valence electrons. The predicted octanol–water partition coefficient (Wildman–Crippen LogP) is 2.73. The summed E-state index contributed by atoms with van der Waals surface area (Å²) in [5.41, 5.74) is 2.82. The number of fused-ring (bicyclic) bond motifs is 3. The smallest absolute Gasteiger partial charge is 0.330 e. The first-order valence-electron chi connectivity index (χ1n) is 10.6. The zero-order valence-corrected chi connectivity index (χ0v) is 18.9. The first-order chi connectivity index (χ1) is 15.3. The number of urea groups is 1. The fourth-order valence-corrected chi connectivity index (χ4v) is 3.96. The SMILES string of the molecule is COc1cc(CN2C(=O)N3CC(C)(C)CN=C3c3ncc(NCCO)cc32)cc(OC)c1. The van der Waals surface area contributed by atoms with Crippen LogP contribution in [0.5, 0.6) is 11.5 Å². The van der Waals surface area contributed by atoms with E-state index in [0.29, 0.717) is 54.9 Å². The number of anilines is 2. The molecule has 9 nitrogen and oxygen atoms in total. The molecule has 0 unspecified atom stereocenters. The molecule has 2 aromatic rings. The summed E-state index contributed by atoms with van der Waals surface area (Å²) >= 11 is 0. The van der Waals surface area contributed by atoms with Crippen LogP contribution < -0.4 is 19.7 Å². The molecule has 0 atom stereocenters. The highest BCUT2D eigenvalue weighted by Crippen LogP contribution is 2.36. The molecular formula is C23H29N5O4. The van der Waals surface area contributed by atoms with Gasteiger partial charge in [0.25, 0.3) is 0 Å². The molecule has 9 heteroatoms. The monoisotopic (exact) mass is 439 g/mol. The number of benzene rings is 1. The lowest BCUT2D eigenvalue weighted by Gasteiger charge is -2.43. The minimum absolute atomic E-state index is 0.00109. The third kappa shape index (κ3) is 4.20. The van der Waals surface area contributed by atoms with E-state index in [1.54, 1.807) is 36.3 Å². The van der Waals surface area contributed by atoms with Crippen molar-refractivity contribution < 1.29 is 19.4 Å². The highest BCUT2D eigenvalue weighted by molar-refractivity contribution is 6.18. The van der Waals surface area contributed by atoms with Crippen molar-refractivity contribution in [3.63, 3.8) is 0 Å². The molecule has 0 fully saturated rings. The van der Waals surface area contributed by atoms with Gasteiger partial charge in [-0.25, -0.2) is 9.78 Å². The average Bonchev–Trinajstić information content (AvgIpc) is 2.79. The average molecular weight is 440 g/mol. The van der Waals surface area contributed by atoms with E-state index in [1.807, 2.05) is 18.2 Å². The maximum atomic E-state index is 13.7. The summed E-state index contributed by atoms with van der Waals surface area (Å²) in [4.78, 5) is 26.5. The fourth-order valence-electron chi connectivity index (χ4n) is 3.96. The van der Waals surface area contributed by atoms with Crippen molar-refractivity contribution in [2.75, 3.05) is 50.7 Å². The van der Waals surface area contributed by atoms with Gasteiger partial charge in [0.1, 0.15) is 17.2 Å². The third-order valence-corrected chi connectivity index (χ3v) is 5.52. The number of aliphatic hydroxyl groups excluding tert-OH is 1. The Kier molecular flexibility index (Phi) is 5.92. The molecule has 32 heavy (non-hydrogen) atoms. The van der Waals surface area contributed by atoms with Gasteiger partial charge in [0.2, 0.25) is 0 Å². The highest BCUT2D eigenvalue weighted by Gasteiger charge is 2.41. The van der Waals surface area contributed by atoms with E-state index in [-0.39, 0.29) is 18.1 Å². The summed E-state index contributed by atoms with van der Waals surface area (Å²) in [6.07, 6.45) is 1.71. The Morgan fingerprint density at radius 1 is 1.16 bits per heavy atom. The third-order valence-electron chi connectivity index (χ3n) is 5.52. The lowest BCUT2D eigenvalue weighted by Crippen LogP contribution is -2.56. The number of nitrogens with zero attached hydrogens (tertiary/aromatic N) is 4. The van der Waals surface area contributed by atoms with Gasteiger partial charge in [0, 0.05) is 31.1 Å². The lowest BCUT2D eigenvalue weighted by atomic mass is 9.90. The molecule has 0 saturated carbocycles. The van der Waals surface area contributed by atoms with Gasteiger partial charge >= 0.3 is 6.03 Å². The van der Waals surface area contributed by atoms with Crippen molar-refractivity contribution in [1.82, 2.24) is 9.88 Å². The maximum Gasteiger partial charge on any atom is 0.330 e. The second kappa shape index (κ2) is 8.66. The number of ether oxygens (including phenoxy) is 2. The zero-order chi connectivity index (χ0) is 22.9. The van der Waals surface area contributed by atoms with Crippen LogP contribution in [0.4, 0.5) is 16.2 Å². The van der Waals surface area contributed by atoms with Crippen LogP contribution in [-0.4, -0.2) is 67.3 Å². The van der Waals surface area contributed by atoms with E-state index >= 15 is 0 Å². The second-order valence-electron chi connectivity index (χ2n) is 8.72. The summed E-state index contributed by atoms with van der Waals surface area (Å²) in [5.74, 6) is 1.92. The standard InChI is InChI=1S/C23H29N5O4/c1-23(2)13-26-21-20-19(9-16(11-25-20)24-5-6-29)27(22(30)28(21)14-23)12-15-7-17(31-3)10-18(8-15)32-4/h7-11,24,29H,5-6,12-14H2,1-4H3. The number of aromatic nitrogens is 1. The zero-order valence-electron chi connectivity index (χ0n) is 18.9. The first kappa shape index (κ1) is 21.9. The van der Waals surface area contributed by atoms with Gasteiger partial charge in [0.05, 0.1) is 44.9 Å². The Morgan fingerprint density at radius 3 is 2.53 bits per heavy atom. The van der Waals surface area contributed by atoms with Crippen molar-refractivity contribution >= 4 is 23.2 Å². The molecule has 2 N–H and O–H groups in total. The number of rotatable bonds is 7. The number of aliphatic hydroxyl groups is 1. The summed E-state index contributed by atoms with van der Waals surface area (Å²) in [5, 5.41) is 12.3. The first-order valence-corrected chi connectivity index (χ1v) is 10.6. The Morgan fingerprint density at radius 2 is 1.88 bits per heavy atom. The quantitative estimate of drug-likeness (QED) is 0.688. The van der Waals surface area contributed by atoms with E-state index in [0.717, 1.165) is 11.3 Å². The van der Waals surface area contributed by atoms with Crippen molar-refractivity contribution in [2.45, 2.75) is 20.4 Å². The predicted molar refractivity (Wildman–Crippen MR) is 123 cm³/mol. The van der Waals surface area contributed by atoms with Crippen LogP contribution in [0.1, 0.15) is 25.1 Å². The number of nitrogens with one attached hydrogen (secondary N) is 1. The largest absolute Gasteiger partial charge is 0.497 e. The highest BCUT2D eigenvalue weighted by atomic mass is 16.5. The summed E-state index contributed by atoms with van der Waals surface area (Å²) in [6, 6.07) is 7.31. The molecule has 0 spiro atoms. The van der Waals surface area contributed by atoms with Crippen molar-refractivity contribution in [3.8, 4) is 11.5 Å². The Balaban J connectivity index is 1.78. The minimum Gasteiger partial charge on any atom is -0.497 e. The number of pyridine rings is 1. The Labute approximate surface area is 187 Å². The molecule has 0 bridgehead atoms. The number of carbonyl (C=O) groups is 1. The maximum absolute atomic E-state index is 13.7. The van der Waals surface area contributed by atoms with Crippen LogP contribution >= 0.6 is 0 Å². The van der Waals surface area contributed by atoms with Gasteiger partial charge in [-0.2, -0.15) is 0 Å². The van der Waals surface area contributed by atoms with E-state index < -0.39 is 0 Å². The number of hydrogen-bond acceptors (Lipinski definition) is 7. The normalized spacial score (nSPS) is 16.8. The van der Waals surface area contributed by atoms with E-state index in [9.17, 15) is 4.79 Å². The second-order valence-corrected chi connectivity index (χ2v) is 8.72. The number of carbonyl (C=O) groups excluding carboxylic acids is 1. The van der Waals surface area contributed by atoms with Gasteiger partial charge in [-0.15, -0.1) is 0 Å². The van der Waals surface area contributed by atoms with E-state index in [4.69, 9.17) is 19.6 Å². The van der Waals surface area contributed by atoms with Crippen molar-refractivity contribution in [1.29, 1.82) is 0 Å². The van der Waals surface area contributed by atoms with E-state index in [1.165, 1.54) is 0 Å². The molecule has 2 amide bonds. The number of amides is 2. The lowest BCUT2D eigenvalue weighted by molar-refractivity contribution is 0.200. The molecule has 1 aromatic heterocycles. The Bertz CT molecular complexity index is 1030. The fraction of sp³-hybridized carbons (Fsp3) is 0.435. The molecule has 3 heterocycles. The van der Waals surface area contributed by atoms with Gasteiger partial charge in [-0.1, -0.05) is 13.8 Å². The van der Waals surface area contributed by atoms with Gasteiger partial charge in [-0.05, 0) is 23.8 Å². The van der Waals surface area contributed by atoms with Crippen LogP contribution in [0.15, 0.2) is 35.5 Å². The van der Waals surface area contributed by atoms with Gasteiger partial charge in [0.15, 0.2) is 5.84 Å². The molecule has 2 aliphatic heterocycles. The number of hydrogen-bond donors (Lipinski definition) is 2. The van der Waals surface area contributed by atoms with Gasteiger partial charge < -0.3 is 19.9 Å². The summed E-state index contributed by atoms with van der Waals surface area (Å²) in [6.45, 7) is 6.10. The van der Waals surface area contributed by atoms with Crippen LogP contribution in [0, 0.1) is 5.41 Å². The molecule has 0 radical (unpaired) electrons. The Hall–Kier alpha value is -3.33. The number of amidine groups is 1. The molecule has 0 saturated heterocycles. The van der Waals surface area contributed by atoms with Crippen molar-refractivity contribution in [2.24, 2.45) is 10.4 Å². The number of aliphatic imine (C=N–C) groups is 1. The number of methoxy groups -OCH3 is 2. The minimum atomic E-state index is -0.146. The molecule has 1 aromatic carbocycles.